The third-order valence-corrected chi connectivity index (χ3v) is 3.60. The number of imide groups is 1. The Balaban J connectivity index is 2.48. The summed E-state index contributed by atoms with van der Waals surface area (Å²) in [6, 6.07) is 5.13. The molecule has 2 rings (SSSR count). The summed E-state index contributed by atoms with van der Waals surface area (Å²) in [6.45, 7) is 1.73. The first kappa shape index (κ1) is 14.6. The van der Waals surface area contributed by atoms with Gasteiger partial charge in [0.05, 0.1) is 5.56 Å². The number of hydrogen-bond donors (Lipinski definition) is 1. The SMILES string of the molecule is CCC1C(=O)NC(=O)CC1c1ccccc1C(F)(F)F. The Morgan fingerprint density at radius 3 is 2.50 bits per heavy atom. The van der Waals surface area contributed by atoms with Crippen molar-refractivity contribution in [2.45, 2.75) is 31.9 Å². The van der Waals surface area contributed by atoms with Crippen molar-refractivity contribution in [1.82, 2.24) is 5.32 Å². The molecule has 1 aromatic carbocycles. The molecule has 0 saturated carbocycles. The van der Waals surface area contributed by atoms with Crippen LogP contribution in [0.4, 0.5) is 13.2 Å². The van der Waals surface area contributed by atoms with Gasteiger partial charge in [-0.3, -0.25) is 14.9 Å². The number of carbonyl (C=O) groups excluding carboxylic acids is 2. The lowest BCUT2D eigenvalue weighted by Crippen LogP contribution is -2.44. The first-order valence-electron chi connectivity index (χ1n) is 6.34. The summed E-state index contributed by atoms with van der Waals surface area (Å²) in [5.74, 6) is -2.36. The first-order chi connectivity index (χ1) is 9.34. The van der Waals surface area contributed by atoms with Crippen molar-refractivity contribution < 1.29 is 22.8 Å². The molecule has 6 heteroatoms. The smallest absolute Gasteiger partial charge is 0.296 e. The molecule has 1 N–H and O–H groups in total. The van der Waals surface area contributed by atoms with Crippen molar-refractivity contribution >= 4 is 11.8 Å². The third-order valence-electron chi connectivity index (χ3n) is 3.60. The molecule has 0 bridgehead atoms. The Labute approximate surface area is 114 Å². The van der Waals surface area contributed by atoms with Crippen LogP contribution in [-0.2, 0) is 15.8 Å². The predicted octanol–water partition coefficient (Wildman–Crippen LogP) is 2.86. The highest BCUT2D eigenvalue weighted by molar-refractivity contribution is 5.99. The number of halogens is 3. The largest absolute Gasteiger partial charge is 0.416 e. The topological polar surface area (TPSA) is 46.2 Å². The zero-order valence-electron chi connectivity index (χ0n) is 10.8. The fourth-order valence-corrected chi connectivity index (χ4v) is 2.68. The van der Waals surface area contributed by atoms with Crippen molar-refractivity contribution in [2.75, 3.05) is 0 Å². The minimum Gasteiger partial charge on any atom is -0.296 e. The lowest BCUT2D eigenvalue weighted by atomic mass is 9.77. The maximum atomic E-state index is 13.0. The number of hydrogen-bond acceptors (Lipinski definition) is 2. The minimum atomic E-state index is -4.49. The number of carbonyl (C=O) groups is 2. The van der Waals surface area contributed by atoms with Gasteiger partial charge in [0.25, 0.3) is 0 Å². The van der Waals surface area contributed by atoms with Crippen LogP contribution in [0.5, 0.6) is 0 Å². The van der Waals surface area contributed by atoms with E-state index in [1.807, 2.05) is 0 Å². The highest BCUT2D eigenvalue weighted by Crippen LogP contribution is 2.40. The zero-order valence-corrected chi connectivity index (χ0v) is 10.8. The Kier molecular flexibility index (Phi) is 3.83. The summed E-state index contributed by atoms with van der Waals surface area (Å²) >= 11 is 0. The lowest BCUT2D eigenvalue weighted by molar-refractivity contribution is -0.142. The molecule has 0 aliphatic carbocycles. The van der Waals surface area contributed by atoms with Crippen LogP contribution in [0.25, 0.3) is 0 Å². The van der Waals surface area contributed by atoms with E-state index in [9.17, 15) is 22.8 Å². The first-order valence-corrected chi connectivity index (χ1v) is 6.34. The second-order valence-corrected chi connectivity index (χ2v) is 4.82. The molecular weight excluding hydrogens is 271 g/mol. The summed E-state index contributed by atoms with van der Waals surface area (Å²) in [5.41, 5.74) is -0.749. The lowest BCUT2D eigenvalue weighted by Gasteiger charge is -2.31. The number of rotatable bonds is 2. The molecule has 2 unspecified atom stereocenters. The predicted molar refractivity (Wildman–Crippen MR) is 65.7 cm³/mol. The van der Waals surface area contributed by atoms with Crippen molar-refractivity contribution in [1.29, 1.82) is 0 Å². The Morgan fingerprint density at radius 2 is 1.90 bits per heavy atom. The van der Waals surface area contributed by atoms with Crippen LogP contribution in [0.2, 0.25) is 0 Å². The molecule has 108 valence electrons. The molecule has 0 radical (unpaired) electrons. The van der Waals surface area contributed by atoms with E-state index in [1.54, 1.807) is 6.92 Å². The van der Waals surface area contributed by atoms with Gasteiger partial charge in [0, 0.05) is 18.3 Å². The molecular formula is C14H14F3NO2. The van der Waals surface area contributed by atoms with E-state index < -0.39 is 35.4 Å². The number of amides is 2. The minimum absolute atomic E-state index is 0.0232. The number of alkyl halides is 3. The van der Waals surface area contributed by atoms with E-state index in [0.29, 0.717) is 6.42 Å². The van der Waals surface area contributed by atoms with E-state index in [0.717, 1.165) is 6.07 Å². The third kappa shape index (κ3) is 2.69. The molecule has 1 saturated heterocycles. The molecule has 2 amide bonds. The van der Waals surface area contributed by atoms with E-state index in [-0.39, 0.29) is 12.0 Å². The van der Waals surface area contributed by atoms with E-state index in [4.69, 9.17) is 0 Å². The summed E-state index contributed by atoms with van der Waals surface area (Å²) in [7, 11) is 0. The Hall–Kier alpha value is -1.85. The van der Waals surface area contributed by atoms with Crippen molar-refractivity contribution in [3.8, 4) is 0 Å². The van der Waals surface area contributed by atoms with E-state index >= 15 is 0 Å². The van der Waals surface area contributed by atoms with E-state index in [1.165, 1.54) is 18.2 Å². The highest BCUT2D eigenvalue weighted by atomic mass is 19.4. The Bertz CT molecular complexity index is 539. The summed E-state index contributed by atoms with van der Waals surface area (Å²) < 4.78 is 39.1. The fourth-order valence-electron chi connectivity index (χ4n) is 2.68. The Morgan fingerprint density at radius 1 is 1.25 bits per heavy atom. The normalized spacial score (nSPS) is 23.6. The molecule has 2 atom stereocenters. The van der Waals surface area contributed by atoms with Gasteiger partial charge < -0.3 is 0 Å². The van der Waals surface area contributed by atoms with Gasteiger partial charge in [-0.15, -0.1) is 0 Å². The van der Waals surface area contributed by atoms with Crippen LogP contribution in [0, 0.1) is 5.92 Å². The van der Waals surface area contributed by atoms with Crippen LogP contribution in [-0.4, -0.2) is 11.8 Å². The van der Waals surface area contributed by atoms with Gasteiger partial charge in [0.15, 0.2) is 0 Å². The number of nitrogens with one attached hydrogen (secondary N) is 1. The summed E-state index contributed by atoms with van der Waals surface area (Å²) in [5, 5.41) is 2.18. The maximum Gasteiger partial charge on any atom is 0.416 e. The van der Waals surface area contributed by atoms with Gasteiger partial charge in [-0.05, 0) is 18.1 Å². The summed E-state index contributed by atoms with van der Waals surface area (Å²) in [6.07, 6.45) is -4.21. The van der Waals surface area contributed by atoms with Crippen LogP contribution < -0.4 is 5.32 Å². The van der Waals surface area contributed by atoms with Gasteiger partial charge in [-0.2, -0.15) is 13.2 Å². The van der Waals surface area contributed by atoms with E-state index in [2.05, 4.69) is 5.32 Å². The van der Waals surface area contributed by atoms with Crippen LogP contribution in [0.15, 0.2) is 24.3 Å². The van der Waals surface area contributed by atoms with Gasteiger partial charge in [-0.25, -0.2) is 0 Å². The van der Waals surface area contributed by atoms with Crippen LogP contribution in [0.1, 0.15) is 36.8 Å². The van der Waals surface area contributed by atoms with Gasteiger partial charge >= 0.3 is 6.18 Å². The molecule has 1 aromatic rings. The standard InChI is InChI=1S/C14H14F3NO2/c1-2-8-10(7-12(19)18-13(8)20)9-5-3-4-6-11(9)14(15,16)17/h3-6,8,10H,2,7H2,1H3,(H,18,19,20). The number of piperidine rings is 1. The van der Waals surface area contributed by atoms with Crippen LogP contribution >= 0.6 is 0 Å². The second-order valence-electron chi connectivity index (χ2n) is 4.82. The van der Waals surface area contributed by atoms with Gasteiger partial charge in [-0.1, -0.05) is 25.1 Å². The van der Waals surface area contributed by atoms with Crippen LogP contribution in [0.3, 0.4) is 0 Å². The number of benzene rings is 1. The van der Waals surface area contributed by atoms with Gasteiger partial charge in [0.2, 0.25) is 11.8 Å². The van der Waals surface area contributed by atoms with Crippen molar-refractivity contribution in [3.05, 3.63) is 35.4 Å². The quantitative estimate of drug-likeness (QED) is 0.849. The molecule has 1 aliphatic heterocycles. The summed E-state index contributed by atoms with van der Waals surface area (Å²) in [4.78, 5) is 23.2. The average Bonchev–Trinajstić information content (AvgIpc) is 2.37. The molecule has 0 spiro atoms. The second kappa shape index (κ2) is 5.26. The average molecular weight is 285 g/mol. The highest BCUT2D eigenvalue weighted by Gasteiger charge is 2.41. The molecule has 1 aliphatic rings. The van der Waals surface area contributed by atoms with Gasteiger partial charge in [0.1, 0.15) is 0 Å². The maximum absolute atomic E-state index is 13.0. The monoisotopic (exact) mass is 285 g/mol. The fraction of sp³-hybridized carbons (Fsp3) is 0.429. The molecule has 1 heterocycles. The van der Waals surface area contributed by atoms with Crippen molar-refractivity contribution in [3.63, 3.8) is 0 Å². The molecule has 3 nitrogen and oxygen atoms in total. The molecule has 0 aromatic heterocycles. The molecule has 1 fully saturated rings. The molecule has 20 heavy (non-hydrogen) atoms. The van der Waals surface area contributed by atoms with Crippen molar-refractivity contribution in [2.24, 2.45) is 5.92 Å². The zero-order chi connectivity index (χ0) is 14.9.